The van der Waals surface area contributed by atoms with E-state index in [1.807, 2.05) is 66.4 Å². The van der Waals surface area contributed by atoms with Crippen LogP contribution < -0.4 is 10.5 Å². The molecule has 31 heavy (non-hydrogen) atoms. The van der Waals surface area contributed by atoms with E-state index in [1.54, 1.807) is 4.57 Å². The van der Waals surface area contributed by atoms with Gasteiger partial charge in [-0.3, -0.25) is 9.59 Å². The minimum Gasteiger partial charge on any atom is -0.352 e. The molecule has 1 aliphatic rings. The molecule has 0 unspecified atom stereocenters. The first-order chi connectivity index (χ1) is 15.2. The van der Waals surface area contributed by atoms with Crippen LogP contribution in [0.15, 0.2) is 59.4 Å². The number of anilines is 1. The summed E-state index contributed by atoms with van der Waals surface area (Å²) in [6.07, 6.45) is 3.64. The fraction of sp³-hybridized carbons (Fsp3) is 0.400. The van der Waals surface area contributed by atoms with Crippen molar-refractivity contribution in [2.45, 2.75) is 45.7 Å². The summed E-state index contributed by atoms with van der Waals surface area (Å²) in [5.74, 6) is 0.571. The minimum absolute atomic E-state index is 0.0543. The van der Waals surface area contributed by atoms with Crippen molar-refractivity contribution < 1.29 is 4.79 Å². The zero-order valence-corrected chi connectivity index (χ0v) is 18.2. The molecule has 4 rings (SSSR count). The predicted octanol–water partition coefficient (Wildman–Crippen LogP) is 3.83. The van der Waals surface area contributed by atoms with E-state index in [1.165, 1.54) is 6.42 Å². The lowest BCUT2D eigenvalue weighted by Crippen LogP contribution is -2.38. The summed E-state index contributed by atoms with van der Waals surface area (Å²) in [5.41, 5.74) is 2.59. The molecule has 0 saturated carbocycles. The lowest BCUT2D eigenvalue weighted by Gasteiger charge is -2.28. The molecule has 0 N–H and O–H groups in total. The van der Waals surface area contributed by atoms with E-state index in [4.69, 9.17) is 4.98 Å². The number of aromatic nitrogens is 2. The SMILES string of the molecule is CCN(Cc1ccccc1)C(=O)CCn1c(=O)c(N2CCCCC2)nc2ccccc21. The van der Waals surface area contributed by atoms with E-state index in [0.29, 0.717) is 25.5 Å². The zero-order valence-electron chi connectivity index (χ0n) is 18.2. The highest BCUT2D eigenvalue weighted by Crippen LogP contribution is 2.18. The Bertz CT molecular complexity index is 1090. The molecular weight excluding hydrogens is 388 g/mol. The minimum atomic E-state index is -0.0977. The van der Waals surface area contributed by atoms with Gasteiger partial charge in [0.05, 0.1) is 11.0 Å². The Labute approximate surface area is 183 Å². The quantitative estimate of drug-likeness (QED) is 0.585. The van der Waals surface area contributed by atoms with E-state index >= 15 is 0 Å². The highest BCUT2D eigenvalue weighted by molar-refractivity contribution is 5.78. The third-order valence-electron chi connectivity index (χ3n) is 5.99. The highest BCUT2D eigenvalue weighted by Gasteiger charge is 2.20. The fourth-order valence-electron chi connectivity index (χ4n) is 4.26. The van der Waals surface area contributed by atoms with Crippen molar-refractivity contribution in [3.05, 3.63) is 70.5 Å². The predicted molar refractivity (Wildman–Crippen MR) is 124 cm³/mol. The molecule has 162 valence electrons. The molecule has 0 atom stereocenters. The molecule has 1 saturated heterocycles. The van der Waals surface area contributed by atoms with Crippen LogP contribution in [0.2, 0.25) is 0 Å². The first kappa shape index (κ1) is 21.1. The van der Waals surface area contributed by atoms with Crippen LogP contribution in [0.4, 0.5) is 5.82 Å². The largest absolute Gasteiger partial charge is 0.352 e. The topological polar surface area (TPSA) is 58.4 Å². The molecule has 3 aromatic rings. The third kappa shape index (κ3) is 4.79. The Morgan fingerprint density at radius 2 is 1.71 bits per heavy atom. The number of amides is 1. The van der Waals surface area contributed by atoms with Gasteiger partial charge < -0.3 is 14.4 Å². The van der Waals surface area contributed by atoms with Gasteiger partial charge in [0.15, 0.2) is 5.82 Å². The fourth-order valence-corrected chi connectivity index (χ4v) is 4.26. The Morgan fingerprint density at radius 1 is 1.00 bits per heavy atom. The molecular formula is C25H30N4O2. The van der Waals surface area contributed by atoms with Gasteiger partial charge in [0.2, 0.25) is 5.91 Å². The number of piperidine rings is 1. The Morgan fingerprint density at radius 3 is 2.45 bits per heavy atom. The Hall–Kier alpha value is -3.15. The van der Waals surface area contributed by atoms with Crippen LogP contribution in [0.3, 0.4) is 0 Å². The normalized spacial score (nSPS) is 14.0. The van der Waals surface area contributed by atoms with Gasteiger partial charge in [0.1, 0.15) is 0 Å². The van der Waals surface area contributed by atoms with Crippen molar-refractivity contribution in [3.8, 4) is 0 Å². The number of hydrogen-bond acceptors (Lipinski definition) is 4. The molecule has 2 heterocycles. The van der Waals surface area contributed by atoms with Crippen molar-refractivity contribution in [2.24, 2.45) is 0 Å². The van der Waals surface area contributed by atoms with Gasteiger partial charge in [0.25, 0.3) is 5.56 Å². The molecule has 1 aromatic heterocycles. The lowest BCUT2D eigenvalue weighted by atomic mass is 10.1. The molecule has 0 radical (unpaired) electrons. The van der Waals surface area contributed by atoms with E-state index in [9.17, 15) is 9.59 Å². The van der Waals surface area contributed by atoms with Gasteiger partial charge in [-0.15, -0.1) is 0 Å². The third-order valence-corrected chi connectivity index (χ3v) is 5.99. The van der Waals surface area contributed by atoms with Crippen molar-refractivity contribution in [3.63, 3.8) is 0 Å². The molecule has 0 bridgehead atoms. The molecule has 1 amide bonds. The number of carbonyl (C=O) groups excluding carboxylic acids is 1. The second-order valence-electron chi connectivity index (χ2n) is 8.07. The molecule has 1 fully saturated rings. The number of carbonyl (C=O) groups is 1. The van der Waals surface area contributed by atoms with Crippen LogP contribution in [0.25, 0.3) is 11.0 Å². The van der Waals surface area contributed by atoms with Crippen molar-refractivity contribution >= 4 is 22.8 Å². The lowest BCUT2D eigenvalue weighted by molar-refractivity contribution is -0.131. The summed E-state index contributed by atoms with van der Waals surface area (Å²) in [6, 6.07) is 17.7. The maximum Gasteiger partial charge on any atom is 0.294 e. The van der Waals surface area contributed by atoms with Crippen molar-refractivity contribution in [1.29, 1.82) is 0 Å². The first-order valence-electron chi connectivity index (χ1n) is 11.2. The molecule has 0 aliphatic carbocycles. The van der Waals surface area contributed by atoms with Gasteiger partial charge >= 0.3 is 0 Å². The smallest absolute Gasteiger partial charge is 0.294 e. The van der Waals surface area contributed by atoms with E-state index in [2.05, 4.69) is 4.90 Å². The second-order valence-corrected chi connectivity index (χ2v) is 8.07. The van der Waals surface area contributed by atoms with Gasteiger partial charge in [-0.1, -0.05) is 42.5 Å². The summed E-state index contributed by atoms with van der Waals surface area (Å²) < 4.78 is 1.74. The van der Waals surface area contributed by atoms with E-state index in [0.717, 1.165) is 42.5 Å². The average molecular weight is 419 g/mol. The van der Waals surface area contributed by atoms with Crippen LogP contribution in [0.1, 0.15) is 38.2 Å². The van der Waals surface area contributed by atoms with Crippen LogP contribution >= 0.6 is 0 Å². The zero-order chi connectivity index (χ0) is 21.6. The monoisotopic (exact) mass is 418 g/mol. The summed E-state index contributed by atoms with van der Waals surface area (Å²) in [4.78, 5) is 35.0. The van der Waals surface area contributed by atoms with Crippen LogP contribution in [0, 0.1) is 0 Å². The van der Waals surface area contributed by atoms with E-state index in [-0.39, 0.29) is 17.9 Å². The van der Waals surface area contributed by atoms with Crippen molar-refractivity contribution in [2.75, 3.05) is 24.5 Å². The molecule has 1 aliphatic heterocycles. The summed E-state index contributed by atoms with van der Waals surface area (Å²) in [7, 11) is 0. The van der Waals surface area contributed by atoms with Crippen LogP contribution in [-0.2, 0) is 17.9 Å². The van der Waals surface area contributed by atoms with Crippen LogP contribution in [-0.4, -0.2) is 40.0 Å². The van der Waals surface area contributed by atoms with Gasteiger partial charge in [0, 0.05) is 39.1 Å². The number of fused-ring (bicyclic) bond motifs is 1. The maximum absolute atomic E-state index is 13.4. The number of rotatable bonds is 7. The van der Waals surface area contributed by atoms with Gasteiger partial charge in [-0.25, -0.2) is 4.98 Å². The summed E-state index contributed by atoms with van der Waals surface area (Å²) in [5, 5.41) is 0. The van der Waals surface area contributed by atoms with Crippen LogP contribution in [0.5, 0.6) is 0 Å². The maximum atomic E-state index is 13.4. The summed E-state index contributed by atoms with van der Waals surface area (Å²) >= 11 is 0. The number of benzene rings is 2. The first-order valence-corrected chi connectivity index (χ1v) is 11.2. The number of nitrogens with zero attached hydrogens (tertiary/aromatic N) is 4. The van der Waals surface area contributed by atoms with Crippen molar-refractivity contribution in [1.82, 2.24) is 14.5 Å². The van der Waals surface area contributed by atoms with Gasteiger partial charge in [-0.05, 0) is 43.9 Å². The molecule has 6 nitrogen and oxygen atoms in total. The summed E-state index contributed by atoms with van der Waals surface area (Å²) in [6.45, 7) is 5.29. The standard InChI is InChI=1S/C25H30N4O2/c1-2-27(19-20-11-5-3-6-12-20)23(30)15-18-29-22-14-8-7-13-21(22)26-24(25(29)31)28-16-9-4-10-17-28/h3,5-8,11-14H,2,4,9-10,15-19H2,1H3. The number of hydrogen-bond donors (Lipinski definition) is 0. The second kappa shape index (κ2) is 9.77. The highest BCUT2D eigenvalue weighted by atomic mass is 16.2. The Kier molecular flexibility index (Phi) is 6.65. The van der Waals surface area contributed by atoms with Gasteiger partial charge in [-0.2, -0.15) is 0 Å². The molecule has 6 heteroatoms. The van der Waals surface area contributed by atoms with E-state index < -0.39 is 0 Å². The molecule has 0 spiro atoms. The Balaban J connectivity index is 1.57. The number of aryl methyl sites for hydroxylation is 1. The molecule has 2 aromatic carbocycles. The number of para-hydroxylation sites is 2. The average Bonchev–Trinajstić information content (AvgIpc) is 2.82.